The van der Waals surface area contributed by atoms with Gasteiger partial charge in [0.2, 0.25) is 5.91 Å². The first-order valence-corrected chi connectivity index (χ1v) is 7.42. The van der Waals surface area contributed by atoms with Crippen LogP contribution in [-0.4, -0.2) is 18.0 Å². The Morgan fingerprint density at radius 1 is 1.32 bits per heavy atom. The van der Waals surface area contributed by atoms with Gasteiger partial charge in [-0.15, -0.1) is 0 Å². The number of hydrogen-bond acceptors (Lipinski definition) is 3. The van der Waals surface area contributed by atoms with Crippen LogP contribution in [0.2, 0.25) is 0 Å². The third kappa shape index (κ3) is 4.32. The van der Waals surface area contributed by atoms with Crippen molar-refractivity contribution in [2.45, 2.75) is 32.7 Å². The van der Waals surface area contributed by atoms with E-state index in [1.54, 1.807) is 19.5 Å². The van der Waals surface area contributed by atoms with Crippen LogP contribution in [0.15, 0.2) is 42.7 Å². The Balaban J connectivity index is 2.02. The normalized spacial score (nSPS) is 10.5. The van der Waals surface area contributed by atoms with E-state index in [2.05, 4.69) is 24.1 Å². The molecule has 0 fully saturated rings. The first kappa shape index (κ1) is 16.0. The van der Waals surface area contributed by atoms with Crippen molar-refractivity contribution >= 4 is 5.91 Å². The maximum atomic E-state index is 12.1. The van der Waals surface area contributed by atoms with E-state index in [0.717, 1.165) is 16.9 Å². The van der Waals surface area contributed by atoms with Crippen molar-refractivity contribution in [3.8, 4) is 5.75 Å². The Kier molecular flexibility index (Phi) is 5.53. The molecular formula is C18H22N2O2. The summed E-state index contributed by atoms with van der Waals surface area (Å²) in [5, 5.41) is 2.91. The number of pyridine rings is 1. The van der Waals surface area contributed by atoms with Crippen molar-refractivity contribution < 1.29 is 9.53 Å². The smallest absolute Gasteiger partial charge is 0.224 e. The molecule has 1 N–H and O–H groups in total. The zero-order chi connectivity index (χ0) is 15.9. The highest BCUT2D eigenvalue weighted by atomic mass is 16.5. The molecule has 2 rings (SSSR count). The van der Waals surface area contributed by atoms with Crippen molar-refractivity contribution in [1.29, 1.82) is 0 Å². The molecule has 0 saturated carbocycles. The Morgan fingerprint density at radius 2 is 2.14 bits per heavy atom. The van der Waals surface area contributed by atoms with Crippen molar-refractivity contribution in [1.82, 2.24) is 10.3 Å². The molecule has 2 aromatic rings. The fourth-order valence-corrected chi connectivity index (χ4v) is 2.23. The van der Waals surface area contributed by atoms with Gasteiger partial charge in [0.15, 0.2) is 0 Å². The molecule has 22 heavy (non-hydrogen) atoms. The lowest BCUT2D eigenvalue weighted by atomic mass is 9.99. The van der Waals surface area contributed by atoms with E-state index in [9.17, 15) is 4.79 Å². The molecule has 0 atom stereocenters. The van der Waals surface area contributed by atoms with E-state index >= 15 is 0 Å². The van der Waals surface area contributed by atoms with E-state index in [4.69, 9.17) is 4.74 Å². The molecule has 0 aliphatic heterocycles. The van der Waals surface area contributed by atoms with E-state index in [1.165, 1.54) is 5.56 Å². The van der Waals surface area contributed by atoms with Crippen LogP contribution in [0.1, 0.15) is 36.5 Å². The zero-order valence-electron chi connectivity index (χ0n) is 13.3. The molecule has 1 aromatic heterocycles. The molecule has 1 aromatic carbocycles. The van der Waals surface area contributed by atoms with Crippen LogP contribution in [0.4, 0.5) is 0 Å². The number of benzene rings is 1. The number of nitrogens with one attached hydrogen (secondary N) is 1. The van der Waals surface area contributed by atoms with Crippen LogP contribution in [0.25, 0.3) is 0 Å². The van der Waals surface area contributed by atoms with Gasteiger partial charge in [0.05, 0.1) is 13.5 Å². The number of hydrogen-bond donors (Lipinski definition) is 1. The number of carbonyl (C=O) groups excluding carboxylic acids is 1. The first-order valence-electron chi connectivity index (χ1n) is 7.42. The highest BCUT2D eigenvalue weighted by Gasteiger charge is 2.11. The van der Waals surface area contributed by atoms with Gasteiger partial charge >= 0.3 is 0 Å². The summed E-state index contributed by atoms with van der Waals surface area (Å²) in [6, 6.07) is 9.82. The molecule has 0 spiro atoms. The fraction of sp³-hybridized carbons (Fsp3) is 0.333. The van der Waals surface area contributed by atoms with Gasteiger partial charge in [-0.05, 0) is 29.2 Å². The van der Waals surface area contributed by atoms with Gasteiger partial charge in [-0.25, -0.2) is 0 Å². The molecule has 116 valence electrons. The Labute approximate surface area is 131 Å². The van der Waals surface area contributed by atoms with Crippen LogP contribution in [0.5, 0.6) is 5.75 Å². The highest BCUT2D eigenvalue weighted by molar-refractivity contribution is 5.79. The van der Waals surface area contributed by atoms with E-state index in [-0.39, 0.29) is 5.91 Å². The minimum Gasteiger partial charge on any atom is -0.496 e. The SMILES string of the molecule is COc1ccc(C(C)C)cc1CC(=O)NCc1cccnc1. The van der Waals surface area contributed by atoms with Crippen LogP contribution >= 0.6 is 0 Å². The molecule has 0 aliphatic carbocycles. The van der Waals surface area contributed by atoms with Crippen molar-refractivity contribution in [3.63, 3.8) is 0 Å². The number of ether oxygens (including phenoxy) is 1. The van der Waals surface area contributed by atoms with Gasteiger partial charge in [-0.1, -0.05) is 32.0 Å². The molecule has 0 saturated heterocycles. The monoisotopic (exact) mass is 298 g/mol. The number of rotatable bonds is 6. The molecule has 0 radical (unpaired) electrons. The van der Waals surface area contributed by atoms with Gasteiger partial charge in [-0.3, -0.25) is 9.78 Å². The van der Waals surface area contributed by atoms with Gasteiger partial charge in [-0.2, -0.15) is 0 Å². The number of methoxy groups -OCH3 is 1. The van der Waals surface area contributed by atoms with Crippen LogP contribution in [0.3, 0.4) is 0 Å². The summed E-state index contributed by atoms with van der Waals surface area (Å²) in [6.07, 6.45) is 3.78. The predicted molar refractivity (Wildman–Crippen MR) is 86.9 cm³/mol. The summed E-state index contributed by atoms with van der Waals surface area (Å²) in [4.78, 5) is 16.2. The van der Waals surface area contributed by atoms with Crippen LogP contribution in [0, 0.1) is 0 Å². The summed E-state index contributed by atoms with van der Waals surface area (Å²) >= 11 is 0. The first-order chi connectivity index (χ1) is 10.6. The third-order valence-electron chi connectivity index (χ3n) is 3.53. The minimum atomic E-state index is -0.0249. The Hall–Kier alpha value is -2.36. The van der Waals surface area contributed by atoms with Crippen molar-refractivity contribution in [2.75, 3.05) is 7.11 Å². The number of aromatic nitrogens is 1. The lowest BCUT2D eigenvalue weighted by molar-refractivity contribution is -0.120. The number of carbonyl (C=O) groups is 1. The third-order valence-corrected chi connectivity index (χ3v) is 3.53. The van der Waals surface area contributed by atoms with Crippen molar-refractivity contribution in [3.05, 3.63) is 59.4 Å². The summed E-state index contributed by atoms with van der Waals surface area (Å²) in [6.45, 7) is 4.75. The minimum absolute atomic E-state index is 0.0249. The summed E-state index contributed by atoms with van der Waals surface area (Å²) < 4.78 is 5.35. The lowest BCUT2D eigenvalue weighted by Crippen LogP contribution is -2.24. The second-order valence-electron chi connectivity index (χ2n) is 5.54. The van der Waals surface area contributed by atoms with E-state index in [0.29, 0.717) is 18.9 Å². The molecule has 0 unspecified atom stereocenters. The predicted octanol–water partition coefficient (Wildman–Crippen LogP) is 3.07. The standard InChI is InChI=1S/C18H22N2O2/c1-13(2)15-6-7-17(22-3)16(9-15)10-18(21)20-12-14-5-4-8-19-11-14/h4-9,11,13H,10,12H2,1-3H3,(H,20,21). The number of nitrogens with zero attached hydrogens (tertiary/aromatic N) is 1. The van der Waals surface area contributed by atoms with E-state index < -0.39 is 0 Å². The average Bonchev–Trinajstić information content (AvgIpc) is 2.53. The highest BCUT2D eigenvalue weighted by Crippen LogP contribution is 2.24. The van der Waals surface area contributed by atoms with Gasteiger partial charge in [0.1, 0.15) is 5.75 Å². The maximum absolute atomic E-state index is 12.1. The summed E-state index contributed by atoms with van der Waals surface area (Å²) in [5.74, 6) is 1.15. The van der Waals surface area contributed by atoms with Crippen LogP contribution < -0.4 is 10.1 Å². The second-order valence-corrected chi connectivity index (χ2v) is 5.54. The van der Waals surface area contributed by atoms with Gasteiger partial charge in [0, 0.05) is 24.5 Å². The number of amides is 1. The molecule has 1 heterocycles. The van der Waals surface area contributed by atoms with Crippen LogP contribution in [-0.2, 0) is 17.8 Å². The molecule has 0 bridgehead atoms. The quantitative estimate of drug-likeness (QED) is 0.891. The topological polar surface area (TPSA) is 51.2 Å². The molecule has 4 nitrogen and oxygen atoms in total. The second kappa shape index (κ2) is 7.59. The largest absolute Gasteiger partial charge is 0.496 e. The lowest BCUT2D eigenvalue weighted by Gasteiger charge is -2.13. The summed E-state index contributed by atoms with van der Waals surface area (Å²) in [7, 11) is 1.63. The Bertz CT molecular complexity index is 624. The molecule has 0 aliphatic rings. The molecule has 4 heteroatoms. The average molecular weight is 298 g/mol. The fourth-order valence-electron chi connectivity index (χ4n) is 2.23. The zero-order valence-corrected chi connectivity index (χ0v) is 13.3. The van der Waals surface area contributed by atoms with Crippen molar-refractivity contribution in [2.24, 2.45) is 0 Å². The molecular weight excluding hydrogens is 276 g/mol. The maximum Gasteiger partial charge on any atom is 0.224 e. The van der Waals surface area contributed by atoms with Gasteiger partial charge in [0.25, 0.3) is 0 Å². The summed E-state index contributed by atoms with van der Waals surface area (Å²) in [5.41, 5.74) is 3.10. The van der Waals surface area contributed by atoms with Gasteiger partial charge < -0.3 is 10.1 Å². The Morgan fingerprint density at radius 3 is 2.77 bits per heavy atom. The van der Waals surface area contributed by atoms with E-state index in [1.807, 2.05) is 30.3 Å². The molecule has 1 amide bonds.